The molecule has 2 atom stereocenters. The van der Waals surface area contributed by atoms with Crippen LogP contribution in [0.4, 0.5) is 32.0 Å². The van der Waals surface area contributed by atoms with Crippen molar-refractivity contribution < 1.29 is 41.0 Å². The van der Waals surface area contributed by atoms with E-state index in [1.807, 2.05) is 24.3 Å². The quantitative estimate of drug-likeness (QED) is 0.257. The fraction of sp³-hybridized carbons (Fsp3) is 0.471. The highest BCUT2D eigenvalue weighted by atomic mass is 79.9. The number of nitrogens with one attached hydrogen (secondary N) is 1. The molecule has 1 amide bonds. The number of alkyl halides is 6. The van der Waals surface area contributed by atoms with E-state index in [2.05, 4.69) is 31.2 Å². The molecule has 0 unspecified atom stereocenters. The summed E-state index contributed by atoms with van der Waals surface area (Å²) in [5, 5.41) is 11.9. The zero-order chi connectivity index (χ0) is 34.9. The molecule has 254 valence electrons. The maximum atomic E-state index is 13.3. The van der Waals surface area contributed by atoms with Gasteiger partial charge in [0.1, 0.15) is 10.8 Å². The van der Waals surface area contributed by atoms with E-state index in [0.29, 0.717) is 49.9 Å². The van der Waals surface area contributed by atoms with Gasteiger partial charge in [-0.15, -0.1) is 0 Å². The maximum absolute atomic E-state index is 13.3. The number of nitrogens with zero attached hydrogens (tertiary/aromatic N) is 2. The molecule has 47 heavy (non-hydrogen) atoms. The van der Waals surface area contributed by atoms with Gasteiger partial charge in [-0.3, -0.25) is 19.6 Å². The zero-order valence-electron chi connectivity index (χ0n) is 26.3. The van der Waals surface area contributed by atoms with Gasteiger partial charge in [-0.25, -0.2) is 0 Å². The molecule has 0 saturated heterocycles. The number of carboxylic acid groups (broad SMARTS) is 1. The lowest BCUT2D eigenvalue weighted by Gasteiger charge is -2.29. The molecular formula is C34H36BrF6N3O3. The third kappa shape index (κ3) is 8.16. The van der Waals surface area contributed by atoms with E-state index >= 15 is 0 Å². The molecule has 13 heteroatoms. The molecule has 0 bridgehead atoms. The van der Waals surface area contributed by atoms with Crippen LogP contribution in [0, 0.1) is 11.8 Å². The van der Waals surface area contributed by atoms with E-state index in [-0.39, 0.29) is 23.2 Å². The van der Waals surface area contributed by atoms with Crippen molar-refractivity contribution in [3.63, 3.8) is 0 Å². The minimum Gasteiger partial charge on any atom is -0.481 e. The molecule has 2 aliphatic carbocycles. The van der Waals surface area contributed by atoms with Crippen molar-refractivity contribution in [1.29, 1.82) is 0 Å². The number of hydrogen-bond acceptors (Lipinski definition) is 4. The van der Waals surface area contributed by atoms with Crippen LogP contribution in [0.25, 0.3) is 0 Å². The van der Waals surface area contributed by atoms with Crippen LogP contribution in [0.1, 0.15) is 74.4 Å². The first-order chi connectivity index (χ1) is 21.7. The summed E-state index contributed by atoms with van der Waals surface area (Å²) < 4.78 is 79.7. The number of aromatic nitrogens is 2. The zero-order valence-corrected chi connectivity index (χ0v) is 27.9. The Morgan fingerprint density at radius 1 is 0.723 bits per heavy atom. The number of rotatable bonds is 5. The molecule has 5 rings (SSSR count). The molecule has 0 saturated carbocycles. The number of carbonyl (C=O) groups is 2. The van der Waals surface area contributed by atoms with E-state index in [0.717, 1.165) is 49.0 Å². The van der Waals surface area contributed by atoms with Crippen LogP contribution in [-0.2, 0) is 46.1 Å². The lowest BCUT2D eigenvalue weighted by molar-refractivity contribution is -0.181. The van der Waals surface area contributed by atoms with Crippen molar-refractivity contribution in [2.24, 2.45) is 11.8 Å². The molecule has 1 aromatic carbocycles. The highest BCUT2D eigenvalue weighted by Crippen LogP contribution is 2.41. The minimum atomic E-state index is -4.37. The van der Waals surface area contributed by atoms with Crippen LogP contribution in [0.5, 0.6) is 0 Å². The molecule has 2 N–H and O–H groups in total. The van der Waals surface area contributed by atoms with Crippen molar-refractivity contribution >= 4 is 33.5 Å². The number of amides is 1. The van der Waals surface area contributed by atoms with Crippen LogP contribution in [0.3, 0.4) is 0 Å². The van der Waals surface area contributed by atoms with Gasteiger partial charge in [0.2, 0.25) is 5.91 Å². The van der Waals surface area contributed by atoms with E-state index in [1.165, 1.54) is 12.1 Å². The number of pyridine rings is 2. The summed E-state index contributed by atoms with van der Waals surface area (Å²) >= 11 is 3.35. The van der Waals surface area contributed by atoms with E-state index in [9.17, 15) is 35.9 Å². The number of hydrogen-bond donors (Lipinski definition) is 2. The Labute approximate surface area is 277 Å². The Balaban J connectivity index is 0.000000223. The molecule has 2 aromatic heterocycles. The lowest BCUT2D eigenvalue weighted by Crippen LogP contribution is -2.38. The second kappa shape index (κ2) is 13.6. The number of halogens is 7. The van der Waals surface area contributed by atoms with E-state index in [4.69, 9.17) is 5.11 Å². The van der Waals surface area contributed by atoms with Crippen molar-refractivity contribution in [3.8, 4) is 0 Å². The van der Waals surface area contributed by atoms with E-state index in [1.54, 1.807) is 12.1 Å². The highest BCUT2D eigenvalue weighted by molar-refractivity contribution is 9.10. The monoisotopic (exact) mass is 727 g/mol. The summed E-state index contributed by atoms with van der Waals surface area (Å²) in [4.78, 5) is 31.9. The second-order valence-corrected chi connectivity index (χ2v) is 14.0. The summed E-state index contributed by atoms with van der Waals surface area (Å²) in [6.07, 6.45) is -6.02. The molecule has 0 radical (unpaired) electrons. The fourth-order valence-electron chi connectivity index (χ4n) is 5.42. The summed E-state index contributed by atoms with van der Waals surface area (Å²) in [6.45, 7) is 4.48. The molecule has 6 nitrogen and oxygen atoms in total. The molecule has 0 fully saturated rings. The van der Waals surface area contributed by atoms with Crippen LogP contribution in [0.15, 0.2) is 53.0 Å². The largest absolute Gasteiger partial charge is 0.481 e. The average molecular weight is 729 g/mol. The van der Waals surface area contributed by atoms with Crippen LogP contribution >= 0.6 is 15.9 Å². The van der Waals surface area contributed by atoms with Gasteiger partial charge in [0.15, 0.2) is 0 Å². The Morgan fingerprint density at radius 3 is 1.57 bits per heavy atom. The average Bonchev–Trinajstić information content (AvgIpc) is 3.00. The van der Waals surface area contributed by atoms with Gasteiger partial charge in [-0.05, 0) is 114 Å². The third-order valence-corrected chi connectivity index (χ3v) is 9.59. The van der Waals surface area contributed by atoms with Crippen LogP contribution < -0.4 is 5.32 Å². The molecule has 0 aliphatic heterocycles. The van der Waals surface area contributed by atoms with Gasteiger partial charge in [0, 0.05) is 27.5 Å². The van der Waals surface area contributed by atoms with Gasteiger partial charge < -0.3 is 10.4 Å². The van der Waals surface area contributed by atoms with Gasteiger partial charge in [-0.1, -0.05) is 28.1 Å². The van der Waals surface area contributed by atoms with Crippen LogP contribution in [0.2, 0.25) is 0 Å². The standard InChI is InChI=1S/C20H20BrF3N2O.C14H16F3NO2/c1-19(2,20(22,23)24)17-10-4-12-11-13(3-9-16(12)26-17)18(27)25-15-7-5-14(21)6-8-15;1-13(2,14(15,16)17)11-6-4-8-7-9(12(19)20)3-5-10(8)18-11/h4-8,10,13H,3,9,11H2,1-2H3,(H,25,27);4,6,9H,3,5,7H2,1-2H3,(H,19,20)/t13-;9-/m11/s1. The number of benzene rings is 1. The normalized spacial score (nSPS) is 18.3. The molecule has 2 aliphatic rings. The first-order valence-electron chi connectivity index (χ1n) is 15.1. The Morgan fingerprint density at radius 2 is 1.15 bits per heavy atom. The van der Waals surface area contributed by atoms with Crippen molar-refractivity contribution in [2.75, 3.05) is 5.32 Å². The maximum Gasteiger partial charge on any atom is 0.399 e. The fourth-order valence-corrected chi connectivity index (χ4v) is 5.69. The lowest BCUT2D eigenvalue weighted by atomic mass is 9.83. The Hall–Kier alpha value is -3.48. The molecule has 3 aromatic rings. The first kappa shape index (κ1) is 36.4. The molecular weight excluding hydrogens is 692 g/mol. The predicted molar refractivity (Wildman–Crippen MR) is 168 cm³/mol. The first-order valence-corrected chi connectivity index (χ1v) is 15.9. The smallest absolute Gasteiger partial charge is 0.399 e. The second-order valence-electron chi connectivity index (χ2n) is 13.1. The third-order valence-electron chi connectivity index (χ3n) is 9.06. The van der Waals surface area contributed by atoms with Crippen molar-refractivity contribution in [2.45, 2.75) is 89.4 Å². The Kier molecular flexibility index (Phi) is 10.5. The Bertz CT molecular complexity index is 1620. The van der Waals surface area contributed by atoms with Gasteiger partial charge >= 0.3 is 18.3 Å². The van der Waals surface area contributed by atoms with Crippen molar-refractivity contribution in [1.82, 2.24) is 9.97 Å². The van der Waals surface area contributed by atoms with Crippen LogP contribution in [-0.4, -0.2) is 39.3 Å². The number of anilines is 1. The van der Waals surface area contributed by atoms with Gasteiger partial charge in [0.05, 0.1) is 17.3 Å². The van der Waals surface area contributed by atoms with Gasteiger partial charge in [-0.2, -0.15) is 26.3 Å². The topological polar surface area (TPSA) is 92.2 Å². The van der Waals surface area contributed by atoms with Crippen molar-refractivity contribution in [3.05, 3.63) is 86.9 Å². The SMILES string of the molecule is CC(C)(c1ccc2c(n1)CC[C@@H](C(=O)Nc1ccc(Br)cc1)C2)C(F)(F)F.CC(C)(c1ccc2c(n1)CC[C@@H](C(=O)O)C2)C(F)(F)F. The minimum absolute atomic E-state index is 0.0162. The molecule has 0 spiro atoms. The number of aliphatic carboxylic acids is 1. The number of fused-ring (bicyclic) bond motifs is 2. The van der Waals surface area contributed by atoms with E-state index < -0.39 is 35.1 Å². The number of aryl methyl sites for hydroxylation is 2. The summed E-state index contributed by atoms with van der Waals surface area (Å²) in [5.74, 6) is -1.63. The highest BCUT2D eigenvalue weighted by Gasteiger charge is 2.50. The summed E-state index contributed by atoms with van der Waals surface area (Å²) in [7, 11) is 0. The molecule has 2 heterocycles. The summed E-state index contributed by atoms with van der Waals surface area (Å²) in [5.41, 5.74) is -0.443. The summed E-state index contributed by atoms with van der Waals surface area (Å²) in [6, 6.07) is 13.4. The number of carbonyl (C=O) groups excluding carboxylic acids is 1. The predicted octanol–water partition coefficient (Wildman–Crippen LogP) is 8.54. The van der Waals surface area contributed by atoms with Gasteiger partial charge in [0.25, 0.3) is 0 Å². The number of carboxylic acids is 1.